The minimum atomic E-state index is -0.246. The fourth-order valence-corrected chi connectivity index (χ4v) is 2.23. The van der Waals surface area contributed by atoms with E-state index in [0.29, 0.717) is 30.5 Å². The van der Waals surface area contributed by atoms with Gasteiger partial charge in [-0.1, -0.05) is 18.2 Å². The molecule has 8 nitrogen and oxygen atoms in total. The van der Waals surface area contributed by atoms with Crippen molar-refractivity contribution in [2.24, 2.45) is 0 Å². The molecule has 0 unspecified atom stereocenters. The summed E-state index contributed by atoms with van der Waals surface area (Å²) in [6, 6.07) is 12.7. The predicted molar refractivity (Wildman–Crippen MR) is 95.8 cm³/mol. The lowest BCUT2D eigenvalue weighted by atomic mass is 10.3. The van der Waals surface area contributed by atoms with Gasteiger partial charge in [0.25, 0.3) is 0 Å². The van der Waals surface area contributed by atoms with Crippen molar-refractivity contribution in [3.05, 3.63) is 60.7 Å². The molecule has 25 heavy (non-hydrogen) atoms. The Kier molecular flexibility index (Phi) is 5.20. The summed E-state index contributed by atoms with van der Waals surface area (Å²) in [4.78, 5) is 20.5. The maximum absolute atomic E-state index is 11.8. The molecule has 0 radical (unpaired) electrons. The van der Waals surface area contributed by atoms with Crippen molar-refractivity contribution >= 4 is 17.5 Å². The van der Waals surface area contributed by atoms with Gasteiger partial charge in [-0.15, -0.1) is 0 Å². The second-order valence-electron chi connectivity index (χ2n) is 5.28. The van der Waals surface area contributed by atoms with Gasteiger partial charge in [0, 0.05) is 37.2 Å². The second kappa shape index (κ2) is 7.91. The highest BCUT2D eigenvalue weighted by molar-refractivity contribution is 5.89. The molecule has 0 aliphatic carbocycles. The summed E-state index contributed by atoms with van der Waals surface area (Å²) in [5.74, 6) is 2.02. The molecule has 3 rings (SSSR count). The molecule has 3 N–H and O–H groups in total. The van der Waals surface area contributed by atoms with Crippen molar-refractivity contribution in [2.75, 3.05) is 23.7 Å². The Bertz CT molecular complexity index is 818. The Labute approximate surface area is 145 Å². The molecule has 0 aliphatic heterocycles. The number of nitrogens with one attached hydrogen (secondary N) is 3. The van der Waals surface area contributed by atoms with Crippen LogP contribution < -0.4 is 16.0 Å². The first-order valence-electron chi connectivity index (χ1n) is 7.90. The molecule has 0 saturated heterocycles. The highest BCUT2D eigenvalue weighted by Gasteiger charge is 2.04. The maximum Gasteiger partial charge on any atom is 0.319 e. The number of aryl methyl sites for hydroxylation is 1. The van der Waals surface area contributed by atoms with Gasteiger partial charge in [0.05, 0.1) is 0 Å². The zero-order chi connectivity index (χ0) is 17.5. The monoisotopic (exact) mass is 337 g/mol. The first kappa shape index (κ1) is 16.4. The molecule has 0 atom stereocenters. The fourth-order valence-electron chi connectivity index (χ4n) is 2.23. The quantitative estimate of drug-likeness (QED) is 0.599. The van der Waals surface area contributed by atoms with Gasteiger partial charge in [0.1, 0.15) is 11.6 Å². The number of anilines is 2. The van der Waals surface area contributed by atoms with Gasteiger partial charge in [-0.25, -0.2) is 19.4 Å². The van der Waals surface area contributed by atoms with E-state index in [4.69, 9.17) is 0 Å². The molecule has 0 bridgehead atoms. The summed E-state index contributed by atoms with van der Waals surface area (Å²) in [6.07, 6.45) is 3.51. The fraction of sp³-hybridized carbons (Fsp3) is 0.176. The lowest BCUT2D eigenvalue weighted by molar-refractivity contribution is 0.252. The third kappa shape index (κ3) is 4.77. The largest absolute Gasteiger partial charge is 0.368 e. The number of nitrogens with zero attached hydrogens (tertiary/aromatic N) is 4. The van der Waals surface area contributed by atoms with Crippen molar-refractivity contribution < 1.29 is 4.79 Å². The van der Waals surface area contributed by atoms with Crippen LogP contribution in [0.3, 0.4) is 0 Å². The van der Waals surface area contributed by atoms with Gasteiger partial charge in [-0.05, 0) is 25.1 Å². The topological polar surface area (TPSA) is 96.8 Å². The van der Waals surface area contributed by atoms with E-state index in [2.05, 4.69) is 31.0 Å². The summed E-state index contributed by atoms with van der Waals surface area (Å²) in [6.45, 7) is 2.82. The Balaban J connectivity index is 1.48. The minimum Gasteiger partial charge on any atom is -0.368 e. The Morgan fingerprint density at radius 3 is 2.72 bits per heavy atom. The van der Waals surface area contributed by atoms with Crippen LogP contribution >= 0.6 is 0 Å². The third-order valence-electron chi connectivity index (χ3n) is 3.31. The van der Waals surface area contributed by atoms with E-state index < -0.39 is 0 Å². The van der Waals surface area contributed by atoms with E-state index in [-0.39, 0.29) is 6.03 Å². The van der Waals surface area contributed by atoms with Crippen LogP contribution in [0.4, 0.5) is 16.3 Å². The standard InChI is InChI=1S/C17H19N7O/c1-13-21-15(12-16(22-13)24-11-5-8-20-24)18-9-10-19-17(25)23-14-6-3-2-4-7-14/h2-8,11-12H,9-10H2,1H3,(H,18,21,22)(H2,19,23,25). The van der Waals surface area contributed by atoms with Crippen LogP contribution in [0.2, 0.25) is 0 Å². The molecule has 0 spiro atoms. The first-order chi connectivity index (χ1) is 12.2. The van der Waals surface area contributed by atoms with E-state index in [1.165, 1.54) is 0 Å². The van der Waals surface area contributed by atoms with Gasteiger partial charge in [-0.3, -0.25) is 0 Å². The highest BCUT2D eigenvalue weighted by Crippen LogP contribution is 2.09. The summed E-state index contributed by atoms with van der Waals surface area (Å²) < 4.78 is 1.67. The van der Waals surface area contributed by atoms with Crippen LogP contribution in [-0.4, -0.2) is 38.9 Å². The summed E-state index contributed by atoms with van der Waals surface area (Å²) in [7, 11) is 0. The zero-order valence-corrected chi connectivity index (χ0v) is 13.8. The summed E-state index contributed by atoms with van der Waals surface area (Å²) in [5.41, 5.74) is 0.753. The van der Waals surface area contributed by atoms with E-state index in [1.807, 2.05) is 55.6 Å². The van der Waals surface area contributed by atoms with Crippen LogP contribution in [-0.2, 0) is 0 Å². The van der Waals surface area contributed by atoms with E-state index in [9.17, 15) is 4.79 Å². The minimum absolute atomic E-state index is 0.246. The van der Waals surface area contributed by atoms with Gasteiger partial charge in [-0.2, -0.15) is 5.10 Å². The summed E-state index contributed by atoms with van der Waals surface area (Å²) in [5, 5.41) is 12.9. The molecule has 128 valence electrons. The van der Waals surface area contributed by atoms with Crippen LogP contribution in [0.1, 0.15) is 5.82 Å². The zero-order valence-electron chi connectivity index (χ0n) is 13.8. The number of amides is 2. The third-order valence-corrected chi connectivity index (χ3v) is 3.31. The van der Waals surface area contributed by atoms with E-state index in [1.54, 1.807) is 10.9 Å². The lowest BCUT2D eigenvalue weighted by Gasteiger charge is -2.10. The number of aromatic nitrogens is 4. The molecule has 2 heterocycles. The molecule has 2 amide bonds. The van der Waals surface area contributed by atoms with Gasteiger partial charge in [0.2, 0.25) is 0 Å². The maximum atomic E-state index is 11.8. The number of hydrogen-bond acceptors (Lipinski definition) is 5. The SMILES string of the molecule is Cc1nc(NCCNC(=O)Nc2ccccc2)cc(-n2cccn2)n1. The Hall–Kier alpha value is -3.42. The Morgan fingerprint density at radius 2 is 1.96 bits per heavy atom. The molecule has 8 heteroatoms. The smallest absolute Gasteiger partial charge is 0.319 e. The molecule has 1 aromatic carbocycles. The van der Waals surface area contributed by atoms with Crippen molar-refractivity contribution in [1.29, 1.82) is 0 Å². The van der Waals surface area contributed by atoms with Crippen LogP contribution in [0, 0.1) is 6.92 Å². The van der Waals surface area contributed by atoms with Gasteiger partial charge in [0.15, 0.2) is 5.82 Å². The van der Waals surface area contributed by atoms with Crippen LogP contribution in [0.25, 0.3) is 5.82 Å². The summed E-state index contributed by atoms with van der Waals surface area (Å²) >= 11 is 0. The molecule has 0 aliphatic rings. The van der Waals surface area contributed by atoms with Crippen LogP contribution in [0.5, 0.6) is 0 Å². The molecular weight excluding hydrogens is 318 g/mol. The highest BCUT2D eigenvalue weighted by atomic mass is 16.2. The van der Waals surface area contributed by atoms with Gasteiger partial charge >= 0.3 is 6.03 Å². The normalized spacial score (nSPS) is 10.3. The number of benzene rings is 1. The Morgan fingerprint density at radius 1 is 1.12 bits per heavy atom. The number of carbonyl (C=O) groups excluding carboxylic acids is 1. The molecule has 0 saturated carbocycles. The number of carbonyl (C=O) groups is 1. The lowest BCUT2D eigenvalue weighted by Crippen LogP contribution is -2.32. The molecule has 2 aromatic heterocycles. The van der Waals surface area contributed by atoms with Crippen molar-refractivity contribution in [2.45, 2.75) is 6.92 Å². The second-order valence-corrected chi connectivity index (χ2v) is 5.28. The van der Waals surface area contributed by atoms with E-state index >= 15 is 0 Å². The predicted octanol–water partition coefficient (Wildman–Crippen LogP) is 2.20. The molecule has 0 fully saturated rings. The number of para-hydroxylation sites is 1. The van der Waals surface area contributed by atoms with Crippen molar-refractivity contribution in [3.63, 3.8) is 0 Å². The van der Waals surface area contributed by atoms with E-state index in [0.717, 1.165) is 5.69 Å². The average Bonchev–Trinajstić information content (AvgIpc) is 3.14. The van der Waals surface area contributed by atoms with Crippen LogP contribution in [0.15, 0.2) is 54.9 Å². The molecule has 3 aromatic rings. The first-order valence-corrected chi connectivity index (χ1v) is 7.90. The van der Waals surface area contributed by atoms with Crippen molar-refractivity contribution in [3.8, 4) is 5.82 Å². The van der Waals surface area contributed by atoms with Gasteiger partial charge < -0.3 is 16.0 Å². The number of urea groups is 1. The van der Waals surface area contributed by atoms with Crippen molar-refractivity contribution in [1.82, 2.24) is 25.1 Å². The number of hydrogen-bond donors (Lipinski definition) is 3. The number of rotatable bonds is 6. The molecular formula is C17H19N7O. The average molecular weight is 337 g/mol.